The molecule has 1 saturated heterocycles. The molecule has 1 aliphatic carbocycles. The average molecular weight is 461 g/mol. The minimum atomic E-state index is -0.0866. The summed E-state index contributed by atoms with van der Waals surface area (Å²) in [5.41, 5.74) is 1.38. The predicted octanol–water partition coefficient (Wildman–Crippen LogP) is 6.90. The molecular formula is C28H45ClN2O. The van der Waals surface area contributed by atoms with Gasteiger partial charge >= 0.3 is 0 Å². The maximum atomic E-state index is 13.5. The monoisotopic (exact) mass is 460 g/mol. The first-order chi connectivity index (χ1) is 15.2. The number of benzene rings is 1. The molecule has 1 aromatic carbocycles. The van der Waals surface area contributed by atoms with E-state index in [1.54, 1.807) is 0 Å². The summed E-state index contributed by atoms with van der Waals surface area (Å²) in [6, 6.07) is 8.18. The Kier molecular flexibility index (Phi) is 9.09. The summed E-state index contributed by atoms with van der Waals surface area (Å²) in [5, 5.41) is 4.44. The van der Waals surface area contributed by atoms with Crippen molar-refractivity contribution in [3.05, 3.63) is 34.9 Å². The lowest BCUT2D eigenvalue weighted by Crippen LogP contribution is -2.55. The Morgan fingerprint density at radius 3 is 2.34 bits per heavy atom. The second-order valence-electron chi connectivity index (χ2n) is 11.5. The molecule has 1 amide bonds. The van der Waals surface area contributed by atoms with Crippen LogP contribution in [-0.4, -0.2) is 36.5 Å². The van der Waals surface area contributed by atoms with Gasteiger partial charge in [-0.3, -0.25) is 4.79 Å². The molecule has 0 aromatic heterocycles. The van der Waals surface area contributed by atoms with Gasteiger partial charge in [-0.15, -0.1) is 0 Å². The molecule has 0 radical (unpaired) electrons. The summed E-state index contributed by atoms with van der Waals surface area (Å²) >= 11 is 6.10. The Labute approximate surface area is 201 Å². The third-order valence-electron chi connectivity index (χ3n) is 8.16. The Morgan fingerprint density at radius 2 is 1.75 bits per heavy atom. The number of amides is 1. The minimum Gasteiger partial charge on any atom is -0.341 e. The maximum Gasteiger partial charge on any atom is 0.239 e. The molecule has 180 valence electrons. The van der Waals surface area contributed by atoms with E-state index in [9.17, 15) is 4.79 Å². The quantitative estimate of drug-likeness (QED) is 0.457. The van der Waals surface area contributed by atoms with E-state index in [0.717, 1.165) is 42.9 Å². The lowest BCUT2D eigenvalue weighted by atomic mass is 9.70. The molecule has 3 rings (SSSR count). The van der Waals surface area contributed by atoms with Gasteiger partial charge in [-0.05, 0) is 66.2 Å². The standard InChI is InChI=1S/C28H45ClN2O/c1-20(2)26(30-17-15-21(3)22-9-7-6-8-10-22)27(32)31-18-16-25(28(4,5)19-31)23-11-13-24(29)14-12-23/h11-14,20-22,25-26,30H,6-10,15-19H2,1-5H3/t21-,25+,26+/m0/s1. The van der Waals surface area contributed by atoms with Crippen LogP contribution in [0.2, 0.25) is 5.02 Å². The lowest BCUT2D eigenvalue weighted by molar-refractivity contribution is -0.138. The maximum absolute atomic E-state index is 13.5. The van der Waals surface area contributed by atoms with Crippen LogP contribution in [0.25, 0.3) is 0 Å². The highest BCUT2D eigenvalue weighted by Gasteiger charge is 2.40. The third kappa shape index (κ3) is 6.50. The van der Waals surface area contributed by atoms with Gasteiger partial charge in [0.1, 0.15) is 0 Å². The van der Waals surface area contributed by atoms with E-state index in [2.05, 4.69) is 57.0 Å². The van der Waals surface area contributed by atoms with Crippen molar-refractivity contribution in [2.75, 3.05) is 19.6 Å². The van der Waals surface area contributed by atoms with Crippen LogP contribution in [0.3, 0.4) is 0 Å². The van der Waals surface area contributed by atoms with Crippen molar-refractivity contribution in [2.45, 2.75) is 91.5 Å². The molecule has 0 bridgehead atoms. The molecule has 3 nitrogen and oxygen atoms in total. The molecule has 2 aliphatic rings. The summed E-state index contributed by atoms with van der Waals surface area (Å²) in [6.07, 6.45) is 9.18. The van der Waals surface area contributed by atoms with Crippen molar-refractivity contribution < 1.29 is 4.79 Å². The van der Waals surface area contributed by atoms with Crippen LogP contribution in [-0.2, 0) is 4.79 Å². The van der Waals surface area contributed by atoms with E-state index in [1.165, 1.54) is 44.1 Å². The van der Waals surface area contributed by atoms with Crippen molar-refractivity contribution >= 4 is 17.5 Å². The largest absolute Gasteiger partial charge is 0.341 e. The molecule has 2 fully saturated rings. The predicted molar refractivity (Wildman–Crippen MR) is 136 cm³/mol. The van der Waals surface area contributed by atoms with Gasteiger partial charge in [0, 0.05) is 18.1 Å². The smallest absolute Gasteiger partial charge is 0.239 e. The fourth-order valence-corrected chi connectivity index (χ4v) is 6.19. The molecule has 1 aliphatic heterocycles. The zero-order chi connectivity index (χ0) is 23.3. The van der Waals surface area contributed by atoms with Gasteiger partial charge in [0.15, 0.2) is 0 Å². The number of carbonyl (C=O) groups is 1. The molecular weight excluding hydrogens is 416 g/mol. The summed E-state index contributed by atoms with van der Waals surface area (Å²) < 4.78 is 0. The van der Waals surface area contributed by atoms with E-state index < -0.39 is 0 Å². The van der Waals surface area contributed by atoms with Crippen molar-refractivity contribution in [3.63, 3.8) is 0 Å². The minimum absolute atomic E-state index is 0.0404. The van der Waals surface area contributed by atoms with Gasteiger partial charge < -0.3 is 10.2 Å². The van der Waals surface area contributed by atoms with E-state index in [4.69, 9.17) is 11.6 Å². The van der Waals surface area contributed by atoms with E-state index in [1.807, 2.05) is 12.1 Å². The normalized spacial score (nSPS) is 23.8. The summed E-state index contributed by atoms with van der Waals surface area (Å²) in [6.45, 7) is 13.9. The van der Waals surface area contributed by atoms with Crippen LogP contribution in [0.5, 0.6) is 0 Å². The lowest BCUT2D eigenvalue weighted by Gasteiger charge is -2.46. The Hall–Kier alpha value is -1.06. The topological polar surface area (TPSA) is 32.3 Å². The first kappa shape index (κ1) is 25.6. The molecule has 0 unspecified atom stereocenters. The van der Waals surface area contributed by atoms with Crippen LogP contribution < -0.4 is 5.32 Å². The zero-order valence-electron chi connectivity index (χ0n) is 21.0. The highest BCUT2D eigenvalue weighted by molar-refractivity contribution is 6.30. The van der Waals surface area contributed by atoms with Crippen molar-refractivity contribution in [1.29, 1.82) is 0 Å². The zero-order valence-corrected chi connectivity index (χ0v) is 21.8. The van der Waals surface area contributed by atoms with Gasteiger partial charge in [-0.1, -0.05) is 90.5 Å². The van der Waals surface area contributed by atoms with Crippen molar-refractivity contribution in [1.82, 2.24) is 10.2 Å². The number of likely N-dealkylation sites (tertiary alicyclic amines) is 1. The van der Waals surface area contributed by atoms with E-state index in [-0.39, 0.29) is 17.4 Å². The first-order valence-corrected chi connectivity index (χ1v) is 13.3. The van der Waals surface area contributed by atoms with Gasteiger partial charge in [0.25, 0.3) is 0 Å². The number of nitrogens with one attached hydrogen (secondary N) is 1. The molecule has 4 heteroatoms. The van der Waals surface area contributed by atoms with Gasteiger partial charge in [-0.25, -0.2) is 0 Å². The molecule has 0 spiro atoms. The fraction of sp³-hybridized carbons (Fsp3) is 0.750. The second-order valence-corrected chi connectivity index (χ2v) is 11.9. The Bertz CT molecular complexity index is 723. The van der Waals surface area contributed by atoms with Crippen LogP contribution in [0.1, 0.15) is 91.0 Å². The third-order valence-corrected chi connectivity index (χ3v) is 8.42. The van der Waals surface area contributed by atoms with E-state index >= 15 is 0 Å². The molecule has 1 heterocycles. The van der Waals surface area contributed by atoms with Crippen LogP contribution in [0.15, 0.2) is 24.3 Å². The highest BCUT2D eigenvalue weighted by Crippen LogP contribution is 2.42. The van der Waals surface area contributed by atoms with Crippen molar-refractivity contribution in [2.24, 2.45) is 23.2 Å². The first-order valence-electron chi connectivity index (χ1n) is 13.0. The Balaban J connectivity index is 1.56. The average Bonchev–Trinajstić information content (AvgIpc) is 2.76. The van der Waals surface area contributed by atoms with Crippen LogP contribution in [0, 0.1) is 23.2 Å². The molecule has 1 N–H and O–H groups in total. The van der Waals surface area contributed by atoms with Gasteiger partial charge in [0.2, 0.25) is 5.91 Å². The number of halogens is 1. The summed E-state index contributed by atoms with van der Waals surface area (Å²) in [5.74, 6) is 2.66. The van der Waals surface area contributed by atoms with Crippen LogP contribution in [0.4, 0.5) is 0 Å². The van der Waals surface area contributed by atoms with Gasteiger partial charge in [-0.2, -0.15) is 0 Å². The van der Waals surface area contributed by atoms with Gasteiger partial charge in [0.05, 0.1) is 6.04 Å². The number of carbonyl (C=O) groups excluding carboxylic acids is 1. The van der Waals surface area contributed by atoms with Crippen molar-refractivity contribution in [3.8, 4) is 0 Å². The molecule has 1 aromatic rings. The number of piperidine rings is 1. The number of rotatable bonds is 8. The highest BCUT2D eigenvalue weighted by atomic mass is 35.5. The summed E-state index contributed by atoms with van der Waals surface area (Å²) in [4.78, 5) is 15.7. The SMILES string of the molecule is CC(C)[C@@H](NCC[C@H](C)C1CCCCC1)C(=O)N1CC[C@H](c2ccc(Cl)cc2)C(C)(C)C1. The number of hydrogen-bond acceptors (Lipinski definition) is 2. The summed E-state index contributed by atoms with van der Waals surface area (Å²) in [7, 11) is 0. The molecule has 3 atom stereocenters. The van der Waals surface area contributed by atoms with E-state index in [0.29, 0.717) is 11.8 Å². The number of nitrogens with zero attached hydrogens (tertiary/aromatic N) is 1. The van der Waals surface area contributed by atoms with Crippen LogP contribution >= 0.6 is 11.6 Å². The fourth-order valence-electron chi connectivity index (χ4n) is 6.07. The second kappa shape index (κ2) is 11.4. The molecule has 32 heavy (non-hydrogen) atoms. The Morgan fingerprint density at radius 1 is 1.09 bits per heavy atom. The number of hydrogen-bond donors (Lipinski definition) is 1. The molecule has 1 saturated carbocycles.